The first-order valence-corrected chi connectivity index (χ1v) is 4.76. The van der Waals surface area contributed by atoms with Crippen LogP contribution in [0, 0.1) is 0 Å². The fourth-order valence-corrected chi connectivity index (χ4v) is 1.96. The van der Waals surface area contributed by atoms with Gasteiger partial charge in [0.1, 0.15) is 7.85 Å². The van der Waals surface area contributed by atoms with Crippen LogP contribution in [0.2, 0.25) is 0 Å². The van der Waals surface area contributed by atoms with Crippen molar-refractivity contribution in [3.05, 3.63) is 41.5 Å². The monoisotopic (exact) mass is 208 g/mol. The first kappa shape index (κ1) is 9.15. The molecule has 2 radical (unpaired) electrons. The van der Waals surface area contributed by atoms with E-state index in [2.05, 4.69) is 4.74 Å². The van der Waals surface area contributed by atoms with E-state index in [9.17, 15) is 9.59 Å². The van der Waals surface area contributed by atoms with Gasteiger partial charge in [0.05, 0.1) is 11.1 Å². The standard InChI is InChI=1S/C12H5BO3/c13-9-5-4-8-10-6(9)2-1-3-7(10)11(14)16-12(8)15/h1-5H. The lowest BCUT2D eigenvalue weighted by molar-refractivity contribution is 0.0391. The van der Waals surface area contributed by atoms with Crippen molar-refractivity contribution in [1.29, 1.82) is 0 Å². The van der Waals surface area contributed by atoms with E-state index in [0.717, 1.165) is 0 Å². The van der Waals surface area contributed by atoms with Crippen LogP contribution in [0.15, 0.2) is 30.3 Å². The fourth-order valence-electron chi connectivity index (χ4n) is 1.96. The molecule has 0 N–H and O–H groups in total. The number of cyclic esters (lactones) is 2. The van der Waals surface area contributed by atoms with Crippen LogP contribution in [0.4, 0.5) is 0 Å². The Hall–Kier alpha value is -2.10. The average molecular weight is 208 g/mol. The second kappa shape index (κ2) is 2.95. The van der Waals surface area contributed by atoms with Crippen LogP contribution in [-0.2, 0) is 4.74 Å². The third-order valence-electron chi connectivity index (χ3n) is 2.70. The summed E-state index contributed by atoms with van der Waals surface area (Å²) in [6.45, 7) is 0. The van der Waals surface area contributed by atoms with Crippen molar-refractivity contribution >= 4 is 36.0 Å². The molecule has 0 unspecified atom stereocenters. The summed E-state index contributed by atoms with van der Waals surface area (Å²) in [7, 11) is 5.80. The topological polar surface area (TPSA) is 43.4 Å². The van der Waals surface area contributed by atoms with Crippen LogP contribution >= 0.6 is 0 Å². The Kier molecular flexibility index (Phi) is 1.69. The molecule has 0 atom stereocenters. The molecule has 2 aromatic rings. The van der Waals surface area contributed by atoms with E-state index in [4.69, 9.17) is 7.85 Å². The lowest BCUT2D eigenvalue weighted by Gasteiger charge is -2.16. The maximum Gasteiger partial charge on any atom is 0.346 e. The predicted octanol–water partition coefficient (Wildman–Crippen LogP) is 0.944. The van der Waals surface area contributed by atoms with Crippen molar-refractivity contribution in [2.75, 3.05) is 0 Å². The quantitative estimate of drug-likeness (QED) is 0.367. The highest BCUT2D eigenvalue weighted by atomic mass is 16.6. The maximum absolute atomic E-state index is 11.5. The summed E-state index contributed by atoms with van der Waals surface area (Å²) >= 11 is 0. The van der Waals surface area contributed by atoms with Crippen LogP contribution in [0.5, 0.6) is 0 Å². The van der Waals surface area contributed by atoms with Crippen molar-refractivity contribution in [1.82, 2.24) is 0 Å². The Morgan fingerprint density at radius 1 is 0.938 bits per heavy atom. The van der Waals surface area contributed by atoms with Crippen molar-refractivity contribution in [3.63, 3.8) is 0 Å². The third kappa shape index (κ3) is 1.04. The SMILES string of the molecule is [B]c1ccc2c3c(cccc13)C(=O)OC2=O. The van der Waals surface area contributed by atoms with Crippen LogP contribution in [0.1, 0.15) is 20.7 Å². The maximum atomic E-state index is 11.5. The first-order valence-electron chi connectivity index (χ1n) is 4.76. The zero-order chi connectivity index (χ0) is 11.3. The number of hydrogen-bond acceptors (Lipinski definition) is 3. The second-order valence-electron chi connectivity index (χ2n) is 3.61. The molecule has 0 aromatic heterocycles. The molecule has 3 rings (SSSR count). The third-order valence-corrected chi connectivity index (χ3v) is 2.70. The van der Waals surface area contributed by atoms with Gasteiger partial charge in [0.2, 0.25) is 0 Å². The molecule has 4 heteroatoms. The van der Waals surface area contributed by atoms with Gasteiger partial charge in [0.25, 0.3) is 0 Å². The molecule has 74 valence electrons. The van der Waals surface area contributed by atoms with Gasteiger partial charge in [-0.15, -0.1) is 0 Å². The van der Waals surface area contributed by atoms with E-state index < -0.39 is 11.9 Å². The van der Waals surface area contributed by atoms with E-state index in [-0.39, 0.29) is 0 Å². The Morgan fingerprint density at radius 2 is 1.62 bits per heavy atom. The van der Waals surface area contributed by atoms with Gasteiger partial charge in [0, 0.05) is 5.39 Å². The summed E-state index contributed by atoms with van der Waals surface area (Å²) in [5.41, 5.74) is 1.32. The van der Waals surface area contributed by atoms with E-state index in [1.165, 1.54) is 0 Å². The molecule has 0 amide bonds. The minimum atomic E-state index is -0.617. The molecule has 2 aromatic carbocycles. The van der Waals surface area contributed by atoms with Crippen LogP contribution in [0.3, 0.4) is 0 Å². The molecule has 0 spiro atoms. The summed E-state index contributed by atoms with van der Waals surface area (Å²) < 4.78 is 4.62. The van der Waals surface area contributed by atoms with Crippen molar-refractivity contribution < 1.29 is 14.3 Å². The highest BCUT2D eigenvalue weighted by Gasteiger charge is 2.26. The highest BCUT2D eigenvalue weighted by Crippen LogP contribution is 2.27. The molecule has 1 aliphatic heterocycles. The van der Waals surface area contributed by atoms with Gasteiger partial charge >= 0.3 is 11.9 Å². The molecule has 3 nitrogen and oxygen atoms in total. The molecular formula is C12H5BO3. The molecule has 0 saturated heterocycles. The Bertz CT molecular complexity index is 626. The predicted molar refractivity (Wildman–Crippen MR) is 59.1 cm³/mol. The smallest absolute Gasteiger partial charge is 0.346 e. The average Bonchev–Trinajstić information content (AvgIpc) is 2.27. The van der Waals surface area contributed by atoms with Gasteiger partial charge < -0.3 is 4.74 Å². The largest absolute Gasteiger partial charge is 0.386 e. The molecule has 0 saturated carbocycles. The second-order valence-corrected chi connectivity index (χ2v) is 3.61. The van der Waals surface area contributed by atoms with Gasteiger partial charge in [0.15, 0.2) is 0 Å². The molecule has 0 fully saturated rings. The normalized spacial score (nSPS) is 14.0. The van der Waals surface area contributed by atoms with E-state index in [1.54, 1.807) is 30.3 Å². The Morgan fingerprint density at radius 3 is 2.38 bits per heavy atom. The minimum Gasteiger partial charge on any atom is -0.386 e. The van der Waals surface area contributed by atoms with Crippen LogP contribution < -0.4 is 5.46 Å². The summed E-state index contributed by atoms with van der Waals surface area (Å²) in [4.78, 5) is 23.0. The number of carbonyl (C=O) groups excluding carboxylic acids is 2. The molecule has 0 bridgehead atoms. The van der Waals surface area contributed by atoms with Crippen molar-refractivity contribution in [2.45, 2.75) is 0 Å². The number of rotatable bonds is 0. The van der Waals surface area contributed by atoms with Gasteiger partial charge in [-0.3, -0.25) is 0 Å². The summed E-state index contributed by atoms with van der Waals surface area (Å²) in [6.07, 6.45) is 0. The molecule has 0 aliphatic carbocycles. The van der Waals surface area contributed by atoms with Crippen LogP contribution in [-0.4, -0.2) is 19.8 Å². The summed E-state index contributed by atoms with van der Waals surface area (Å²) in [6, 6.07) is 8.34. The lowest BCUT2D eigenvalue weighted by Crippen LogP contribution is -2.21. The highest BCUT2D eigenvalue weighted by molar-refractivity contribution is 6.40. The number of esters is 2. The molecule has 1 heterocycles. The van der Waals surface area contributed by atoms with Gasteiger partial charge in [-0.05, 0) is 17.5 Å². The zero-order valence-corrected chi connectivity index (χ0v) is 8.19. The first-order chi connectivity index (χ1) is 7.68. The fraction of sp³-hybridized carbons (Fsp3) is 0. The summed E-state index contributed by atoms with van der Waals surface area (Å²) in [5, 5.41) is 1.30. The van der Waals surface area contributed by atoms with E-state index in [1.807, 2.05) is 0 Å². The van der Waals surface area contributed by atoms with E-state index >= 15 is 0 Å². The number of ether oxygens (including phenoxy) is 1. The van der Waals surface area contributed by atoms with Crippen molar-refractivity contribution in [3.8, 4) is 0 Å². The number of hydrogen-bond donors (Lipinski definition) is 0. The molecule has 1 aliphatic rings. The van der Waals surface area contributed by atoms with Gasteiger partial charge in [-0.1, -0.05) is 23.7 Å². The van der Waals surface area contributed by atoms with E-state index in [0.29, 0.717) is 27.4 Å². The van der Waals surface area contributed by atoms with Gasteiger partial charge in [-0.2, -0.15) is 0 Å². The lowest BCUT2D eigenvalue weighted by atomic mass is 9.86. The van der Waals surface area contributed by atoms with Crippen molar-refractivity contribution in [2.24, 2.45) is 0 Å². The summed E-state index contributed by atoms with van der Waals surface area (Å²) in [5.74, 6) is -1.23. The Labute approximate surface area is 92.4 Å². The molecule has 16 heavy (non-hydrogen) atoms. The zero-order valence-electron chi connectivity index (χ0n) is 8.19. The number of carbonyl (C=O) groups is 2. The number of benzene rings is 2. The minimum absolute atomic E-state index is 0.388. The van der Waals surface area contributed by atoms with Gasteiger partial charge in [-0.25, -0.2) is 9.59 Å². The van der Waals surface area contributed by atoms with Crippen LogP contribution in [0.25, 0.3) is 10.8 Å². The molecular weight excluding hydrogens is 203 g/mol. The Balaban J connectivity index is 2.57.